The Labute approximate surface area is 78.7 Å². The minimum atomic E-state index is -0.564. The SMILES string of the molecule is CCOC(=O)O[C@H]1C=CC[C@H](C)C1. The van der Waals surface area contributed by atoms with Crippen LogP contribution in [0.25, 0.3) is 0 Å². The van der Waals surface area contributed by atoms with Crippen LogP contribution in [0.5, 0.6) is 0 Å². The van der Waals surface area contributed by atoms with Gasteiger partial charge < -0.3 is 9.47 Å². The molecule has 0 bridgehead atoms. The van der Waals surface area contributed by atoms with E-state index in [0.29, 0.717) is 12.5 Å². The Morgan fingerprint density at radius 1 is 1.62 bits per heavy atom. The second-order valence-electron chi connectivity index (χ2n) is 3.34. The van der Waals surface area contributed by atoms with Gasteiger partial charge in [-0.25, -0.2) is 4.79 Å². The van der Waals surface area contributed by atoms with Crippen LogP contribution >= 0.6 is 0 Å². The Bertz CT molecular complexity index is 198. The van der Waals surface area contributed by atoms with E-state index in [0.717, 1.165) is 12.8 Å². The van der Waals surface area contributed by atoms with Crippen LogP contribution in [-0.2, 0) is 9.47 Å². The van der Waals surface area contributed by atoms with E-state index in [1.165, 1.54) is 0 Å². The first-order valence-electron chi connectivity index (χ1n) is 4.72. The average molecular weight is 184 g/mol. The van der Waals surface area contributed by atoms with Gasteiger partial charge in [-0.1, -0.05) is 13.0 Å². The third kappa shape index (κ3) is 3.49. The fraction of sp³-hybridized carbons (Fsp3) is 0.700. The maximum atomic E-state index is 10.9. The number of carbonyl (C=O) groups is 1. The van der Waals surface area contributed by atoms with Crippen LogP contribution < -0.4 is 0 Å². The van der Waals surface area contributed by atoms with Gasteiger partial charge in [-0.3, -0.25) is 0 Å². The molecule has 0 aliphatic heterocycles. The summed E-state index contributed by atoms with van der Waals surface area (Å²) >= 11 is 0. The molecule has 0 aromatic rings. The summed E-state index contributed by atoms with van der Waals surface area (Å²) in [6.45, 7) is 4.27. The monoisotopic (exact) mass is 184 g/mol. The molecule has 0 unspecified atom stereocenters. The molecule has 0 spiro atoms. The van der Waals surface area contributed by atoms with E-state index in [9.17, 15) is 4.79 Å². The lowest BCUT2D eigenvalue weighted by Gasteiger charge is -2.21. The standard InChI is InChI=1S/C10H16O3/c1-3-12-10(11)13-9-6-4-5-8(2)7-9/h4,6,8-9H,3,5,7H2,1-2H3/t8-,9-/m0/s1. The van der Waals surface area contributed by atoms with Gasteiger partial charge >= 0.3 is 6.16 Å². The average Bonchev–Trinajstić information content (AvgIpc) is 2.04. The van der Waals surface area contributed by atoms with Crippen LogP contribution in [0.4, 0.5) is 4.79 Å². The summed E-state index contributed by atoms with van der Waals surface area (Å²) in [7, 11) is 0. The molecule has 1 aliphatic carbocycles. The molecule has 0 aromatic heterocycles. The van der Waals surface area contributed by atoms with Gasteiger partial charge in [0, 0.05) is 0 Å². The van der Waals surface area contributed by atoms with Crippen molar-refractivity contribution >= 4 is 6.16 Å². The van der Waals surface area contributed by atoms with Crippen molar-refractivity contribution in [3.63, 3.8) is 0 Å². The molecule has 74 valence electrons. The highest BCUT2D eigenvalue weighted by Crippen LogP contribution is 2.20. The van der Waals surface area contributed by atoms with Gasteiger partial charge in [-0.05, 0) is 31.8 Å². The lowest BCUT2D eigenvalue weighted by Crippen LogP contribution is -2.21. The first-order chi connectivity index (χ1) is 6.22. The fourth-order valence-corrected chi connectivity index (χ4v) is 1.40. The van der Waals surface area contributed by atoms with Crippen LogP contribution in [-0.4, -0.2) is 18.9 Å². The maximum absolute atomic E-state index is 10.9. The smallest absolute Gasteiger partial charge is 0.435 e. The Morgan fingerprint density at radius 3 is 3.00 bits per heavy atom. The summed E-state index contributed by atoms with van der Waals surface area (Å²) in [6, 6.07) is 0. The van der Waals surface area contributed by atoms with Crippen LogP contribution in [0.15, 0.2) is 12.2 Å². The Kier molecular flexibility index (Phi) is 3.80. The number of hydrogen-bond donors (Lipinski definition) is 0. The van der Waals surface area contributed by atoms with Crippen molar-refractivity contribution in [1.29, 1.82) is 0 Å². The molecule has 0 saturated carbocycles. The van der Waals surface area contributed by atoms with Gasteiger partial charge in [0.2, 0.25) is 0 Å². The van der Waals surface area contributed by atoms with E-state index in [1.807, 2.05) is 6.08 Å². The summed E-state index contributed by atoms with van der Waals surface area (Å²) < 4.78 is 9.74. The maximum Gasteiger partial charge on any atom is 0.508 e. The summed E-state index contributed by atoms with van der Waals surface area (Å²) in [4.78, 5) is 10.9. The first kappa shape index (κ1) is 10.1. The number of hydrogen-bond acceptors (Lipinski definition) is 3. The van der Waals surface area contributed by atoms with Gasteiger partial charge in [0.1, 0.15) is 6.10 Å². The predicted octanol–water partition coefficient (Wildman–Crippen LogP) is 2.51. The second-order valence-corrected chi connectivity index (χ2v) is 3.34. The fourth-order valence-electron chi connectivity index (χ4n) is 1.40. The zero-order valence-corrected chi connectivity index (χ0v) is 8.16. The lowest BCUT2D eigenvalue weighted by atomic mass is 9.94. The van der Waals surface area contributed by atoms with Crippen molar-refractivity contribution in [3.05, 3.63) is 12.2 Å². The van der Waals surface area contributed by atoms with Crippen molar-refractivity contribution in [1.82, 2.24) is 0 Å². The highest BCUT2D eigenvalue weighted by molar-refractivity contribution is 5.60. The number of carbonyl (C=O) groups excluding carboxylic acids is 1. The van der Waals surface area contributed by atoms with Crippen molar-refractivity contribution in [2.24, 2.45) is 5.92 Å². The molecule has 1 aliphatic rings. The molecule has 0 heterocycles. The molecule has 0 saturated heterocycles. The Balaban J connectivity index is 2.32. The highest BCUT2D eigenvalue weighted by atomic mass is 16.7. The molecule has 0 radical (unpaired) electrons. The van der Waals surface area contributed by atoms with Crippen LogP contribution in [0.3, 0.4) is 0 Å². The molecule has 13 heavy (non-hydrogen) atoms. The minimum Gasteiger partial charge on any atom is -0.435 e. The molecular weight excluding hydrogens is 168 g/mol. The lowest BCUT2D eigenvalue weighted by molar-refractivity contribution is 0.0327. The van der Waals surface area contributed by atoms with Gasteiger partial charge in [-0.15, -0.1) is 0 Å². The van der Waals surface area contributed by atoms with Gasteiger partial charge in [0.05, 0.1) is 6.61 Å². The zero-order chi connectivity index (χ0) is 9.68. The Morgan fingerprint density at radius 2 is 2.38 bits per heavy atom. The molecule has 0 amide bonds. The van der Waals surface area contributed by atoms with Gasteiger partial charge in [0.25, 0.3) is 0 Å². The second kappa shape index (κ2) is 4.90. The summed E-state index contributed by atoms with van der Waals surface area (Å²) in [5.74, 6) is 0.587. The normalized spacial score (nSPS) is 26.9. The van der Waals surface area contributed by atoms with Crippen LogP contribution in [0.1, 0.15) is 26.7 Å². The minimum absolute atomic E-state index is 0.0946. The van der Waals surface area contributed by atoms with Crippen molar-refractivity contribution in [3.8, 4) is 0 Å². The highest BCUT2D eigenvalue weighted by Gasteiger charge is 2.18. The van der Waals surface area contributed by atoms with Crippen molar-refractivity contribution in [2.75, 3.05) is 6.61 Å². The van der Waals surface area contributed by atoms with Crippen LogP contribution in [0.2, 0.25) is 0 Å². The molecular formula is C10H16O3. The van der Waals surface area contributed by atoms with Gasteiger partial charge in [0.15, 0.2) is 0 Å². The third-order valence-electron chi connectivity index (χ3n) is 2.03. The molecule has 0 fully saturated rings. The molecule has 1 rings (SSSR count). The first-order valence-corrected chi connectivity index (χ1v) is 4.72. The molecule has 3 nitrogen and oxygen atoms in total. The van der Waals surface area contributed by atoms with Crippen molar-refractivity contribution < 1.29 is 14.3 Å². The topological polar surface area (TPSA) is 35.5 Å². The van der Waals surface area contributed by atoms with E-state index in [4.69, 9.17) is 4.74 Å². The summed E-state index contributed by atoms with van der Waals surface area (Å²) in [5.41, 5.74) is 0. The van der Waals surface area contributed by atoms with E-state index >= 15 is 0 Å². The molecule has 0 N–H and O–H groups in total. The molecule has 3 heteroatoms. The zero-order valence-electron chi connectivity index (χ0n) is 8.16. The molecule has 2 atom stereocenters. The summed E-state index contributed by atoms with van der Waals surface area (Å²) in [5, 5.41) is 0. The largest absolute Gasteiger partial charge is 0.508 e. The van der Waals surface area contributed by atoms with E-state index < -0.39 is 6.16 Å². The number of ether oxygens (including phenoxy) is 2. The van der Waals surface area contributed by atoms with Gasteiger partial charge in [-0.2, -0.15) is 0 Å². The quantitative estimate of drug-likeness (QED) is 0.488. The summed E-state index contributed by atoms with van der Waals surface area (Å²) in [6.07, 6.45) is 5.29. The molecule has 0 aromatic carbocycles. The van der Waals surface area contributed by atoms with Crippen molar-refractivity contribution in [2.45, 2.75) is 32.8 Å². The Hall–Kier alpha value is -0.990. The number of allylic oxidation sites excluding steroid dienone is 1. The predicted molar refractivity (Wildman–Crippen MR) is 49.4 cm³/mol. The van der Waals surface area contributed by atoms with E-state index in [2.05, 4.69) is 17.7 Å². The van der Waals surface area contributed by atoms with E-state index in [-0.39, 0.29) is 6.10 Å². The van der Waals surface area contributed by atoms with E-state index in [1.54, 1.807) is 6.92 Å². The third-order valence-corrected chi connectivity index (χ3v) is 2.03. The number of rotatable bonds is 2. The van der Waals surface area contributed by atoms with Crippen LogP contribution in [0, 0.1) is 5.92 Å².